The van der Waals surface area contributed by atoms with E-state index in [0.717, 1.165) is 46.8 Å². The number of aromatic nitrogens is 1. The molecule has 0 saturated carbocycles. The van der Waals surface area contributed by atoms with Crippen LogP contribution >= 0.6 is 0 Å². The Morgan fingerprint density at radius 2 is 1.74 bits per heavy atom. The molecule has 0 spiro atoms. The maximum Gasteiger partial charge on any atom is 0.248 e. The van der Waals surface area contributed by atoms with E-state index in [1.165, 1.54) is 6.34 Å². The van der Waals surface area contributed by atoms with Crippen LogP contribution in [0.25, 0.3) is 16.9 Å². The third-order valence-corrected chi connectivity index (χ3v) is 4.88. The molecule has 7 heteroatoms. The van der Waals surface area contributed by atoms with Crippen LogP contribution in [0.4, 0.5) is 5.69 Å². The summed E-state index contributed by atoms with van der Waals surface area (Å²) in [6.45, 7) is 8.72. The van der Waals surface area contributed by atoms with Gasteiger partial charge < -0.3 is 25.6 Å². The molecule has 0 radical (unpaired) electrons. The van der Waals surface area contributed by atoms with Crippen molar-refractivity contribution in [2.45, 2.75) is 40.5 Å². The van der Waals surface area contributed by atoms with E-state index in [2.05, 4.69) is 14.3 Å². The van der Waals surface area contributed by atoms with Crippen LogP contribution < -0.4 is 11.5 Å². The lowest BCUT2D eigenvalue weighted by Crippen LogP contribution is -2.12. The number of methoxy groups -OCH3 is 1. The molecule has 0 unspecified atom stereocenters. The Morgan fingerprint density at radius 1 is 1.09 bits per heavy atom. The van der Waals surface area contributed by atoms with Crippen LogP contribution in [0, 0.1) is 6.92 Å². The fraction of sp³-hybridized carbons (Fsp3) is 0.296. The molecule has 2 aromatic carbocycles. The van der Waals surface area contributed by atoms with Crippen molar-refractivity contribution in [1.29, 1.82) is 0 Å². The summed E-state index contributed by atoms with van der Waals surface area (Å²) in [4.78, 5) is 26.5. The van der Waals surface area contributed by atoms with E-state index in [0.29, 0.717) is 18.4 Å². The van der Waals surface area contributed by atoms with Gasteiger partial charge in [-0.15, -0.1) is 0 Å². The van der Waals surface area contributed by atoms with Gasteiger partial charge in [0.15, 0.2) is 0 Å². The van der Waals surface area contributed by atoms with E-state index in [4.69, 9.17) is 11.5 Å². The number of aldehydes is 1. The Kier molecular flexibility index (Phi) is 12.6. The van der Waals surface area contributed by atoms with Gasteiger partial charge in [0.25, 0.3) is 0 Å². The summed E-state index contributed by atoms with van der Waals surface area (Å²) >= 11 is 0. The number of nitrogens with zero attached hydrogens (tertiary/aromatic N) is 2. The Morgan fingerprint density at radius 3 is 2.24 bits per heavy atom. The van der Waals surface area contributed by atoms with E-state index >= 15 is 0 Å². The number of aliphatic imine (C=N–C) groups is 1. The Labute approximate surface area is 202 Å². The number of ether oxygens (including phenoxy) is 1. The highest BCUT2D eigenvalue weighted by Crippen LogP contribution is 2.30. The molecule has 1 amide bonds. The van der Waals surface area contributed by atoms with E-state index in [-0.39, 0.29) is 0 Å². The van der Waals surface area contributed by atoms with Gasteiger partial charge in [-0.3, -0.25) is 4.79 Å². The smallest absolute Gasteiger partial charge is 0.248 e. The molecule has 0 aliphatic rings. The fourth-order valence-electron chi connectivity index (χ4n) is 3.25. The van der Waals surface area contributed by atoms with Crippen molar-refractivity contribution in [3.05, 3.63) is 71.4 Å². The molecule has 0 fully saturated rings. The quantitative estimate of drug-likeness (QED) is 0.278. The first-order valence-electron chi connectivity index (χ1n) is 11.4. The molecule has 3 rings (SSSR count). The lowest BCUT2D eigenvalue weighted by Gasteiger charge is -2.17. The summed E-state index contributed by atoms with van der Waals surface area (Å²) in [5.41, 5.74) is 16.9. The van der Waals surface area contributed by atoms with Crippen LogP contribution in [-0.2, 0) is 16.0 Å². The molecule has 7 nitrogen and oxygen atoms in total. The highest BCUT2D eigenvalue weighted by Gasteiger charge is 2.15. The summed E-state index contributed by atoms with van der Waals surface area (Å²) in [6, 6.07) is 17.2. The van der Waals surface area contributed by atoms with Crippen molar-refractivity contribution < 1.29 is 14.3 Å². The largest absolute Gasteiger partial charge is 0.390 e. The first-order chi connectivity index (χ1) is 16.5. The highest BCUT2D eigenvalue weighted by atomic mass is 16.5. The van der Waals surface area contributed by atoms with Crippen molar-refractivity contribution in [2.24, 2.45) is 16.5 Å². The predicted octanol–water partition coefficient (Wildman–Crippen LogP) is 4.98. The molecular weight excluding hydrogens is 428 g/mol. The summed E-state index contributed by atoms with van der Waals surface area (Å²) in [5.74, 6) is -0.459. The first kappa shape index (κ1) is 28.3. The zero-order valence-corrected chi connectivity index (χ0v) is 20.7. The van der Waals surface area contributed by atoms with Crippen molar-refractivity contribution >= 4 is 24.2 Å². The molecule has 0 bridgehead atoms. The first-order valence-corrected chi connectivity index (χ1v) is 11.4. The number of carbonyl (C=O) groups is 2. The molecule has 0 saturated heterocycles. The van der Waals surface area contributed by atoms with Crippen LogP contribution in [0.3, 0.4) is 0 Å². The van der Waals surface area contributed by atoms with Gasteiger partial charge in [0.1, 0.15) is 6.29 Å². The summed E-state index contributed by atoms with van der Waals surface area (Å²) in [7, 11) is 1.68. The van der Waals surface area contributed by atoms with Crippen molar-refractivity contribution in [3.8, 4) is 16.9 Å². The summed E-state index contributed by atoms with van der Waals surface area (Å²) in [6.07, 6.45) is 3.24. The van der Waals surface area contributed by atoms with Gasteiger partial charge in [-0.25, -0.2) is 4.99 Å². The van der Waals surface area contributed by atoms with Crippen molar-refractivity contribution in [2.75, 3.05) is 13.7 Å². The van der Waals surface area contributed by atoms with Gasteiger partial charge in [-0.1, -0.05) is 26.0 Å². The normalized spacial score (nSPS) is 10.1. The van der Waals surface area contributed by atoms with E-state index in [1.807, 2.05) is 70.2 Å². The second-order valence-electron chi connectivity index (χ2n) is 7.02. The predicted molar refractivity (Wildman–Crippen MR) is 140 cm³/mol. The Balaban J connectivity index is 0.000000872. The van der Waals surface area contributed by atoms with Crippen LogP contribution in [-0.4, -0.2) is 36.8 Å². The van der Waals surface area contributed by atoms with Gasteiger partial charge >= 0.3 is 0 Å². The van der Waals surface area contributed by atoms with Crippen LogP contribution in [0.15, 0.2) is 59.6 Å². The molecular formula is C27H36N4O3. The molecule has 34 heavy (non-hydrogen) atoms. The second kappa shape index (κ2) is 15.2. The van der Waals surface area contributed by atoms with Crippen LogP contribution in [0.2, 0.25) is 0 Å². The van der Waals surface area contributed by atoms with Gasteiger partial charge in [0.2, 0.25) is 5.91 Å². The monoisotopic (exact) mass is 464 g/mol. The molecule has 1 heterocycles. The molecule has 1 aromatic heterocycles. The van der Waals surface area contributed by atoms with Crippen molar-refractivity contribution in [3.63, 3.8) is 0 Å². The van der Waals surface area contributed by atoms with E-state index < -0.39 is 5.91 Å². The minimum atomic E-state index is -0.459. The molecule has 182 valence electrons. The molecule has 0 aliphatic carbocycles. The van der Waals surface area contributed by atoms with E-state index in [9.17, 15) is 9.59 Å². The van der Waals surface area contributed by atoms with Crippen LogP contribution in [0.1, 0.15) is 48.8 Å². The number of nitrogens with two attached hydrogens (primary N) is 2. The number of hydrogen-bond acceptors (Lipinski definition) is 4. The number of rotatable bonds is 8. The molecule has 0 aliphatic heterocycles. The van der Waals surface area contributed by atoms with Gasteiger partial charge in [-0.2, -0.15) is 0 Å². The van der Waals surface area contributed by atoms with E-state index in [1.54, 1.807) is 19.2 Å². The zero-order valence-electron chi connectivity index (χ0n) is 20.7. The van der Waals surface area contributed by atoms with Gasteiger partial charge in [0.05, 0.1) is 17.7 Å². The Hall–Kier alpha value is -3.71. The number of carbonyl (C=O) groups excluding carboxylic acids is 2. The SMILES string of the molecule is CC.CCOC.Cc1cc(C(N)=O)ccc1-n1c(CCC=O)ccc1-c1ccc(N=CN)cc1. The standard InChI is InChI=1S/C22H22N4O2.C3H8O.C2H6/c1-15-13-17(22(24)28)6-10-20(15)26-19(3-2-12-27)9-11-21(26)16-4-7-18(8-5-16)25-14-23;1-3-4-2;1-2/h4-14H,2-3H2,1H3,(H2,23,25)(H2,24,28);3H2,1-2H3;1-2H3. The number of benzene rings is 2. The third kappa shape index (κ3) is 7.71. The summed E-state index contributed by atoms with van der Waals surface area (Å²) < 4.78 is 6.66. The molecule has 3 aromatic rings. The highest BCUT2D eigenvalue weighted by molar-refractivity contribution is 5.93. The number of aryl methyl sites for hydroxylation is 2. The number of hydrogen-bond donors (Lipinski definition) is 2. The lowest BCUT2D eigenvalue weighted by atomic mass is 10.1. The summed E-state index contributed by atoms with van der Waals surface area (Å²) in [5, 5.41) is 0. The topological polar surface area (TPSA) is 113 Å². The fourth-order valence-corrected chi connectivity index (χ4v) is 3.25. The number of amides is 1. The van der Waals surface area contributed by atoms with Gasteiger partial charge in [0, 0.05) is 37.1 Å². The average Bonchev–Trinajstić information content (AvgIpc) is 3.28. The molecule has 4 N–H and O–H groups in total. The minimum Gasteiger partial charge on any atom is -0.390 e. The van der Waals surface area contributed by atoms with Crippen molar-refractivity contribution in [1.82, 2.24) is 4.57 Å². The zero-order chi connectivity index (χ0) is 25.5. The second-order valence-corrected chi connectivity index (χ2v) is 7.02. The number of primary amides is 1. The third-order valence-electron chi connectivity index (χ3n) is 4.88. The Bertz CT molecular complexity index is 1070. The maximum atomic E-state index is 11.5. The average molecular weight is 465 g/mol. The minimum absolute atomic E-state index is 0.437. The lowest BCUT2D eigenvalue weighted by molar-refractivity contribution is -0.107. The van der Waals surface area contributed by atoms with Gasteiger partial charge in [-0.05, 0) is 73.9 Å². The molecule has 0 atom stereocenters. The van der Waals surface area contributed by atoms with Crippen LogP contribution in [0.5, 0.6) is 0 Å². The maximum absolute atomic E-state index is 11.5.